The summed E-state index contributed by atoms with van der Waals surface area (Å²) in [4.78, 5) is 28.1. The Balaban J connectivity index is 1.31. The highest BCUT2D eigenvalue weighted by Gasteiger charge is 2.40. The number of benzene rings is 1. The maximum Gasteiger partial charge on any atom is 0.317 e. The van der Waals surface area contributed by atoms with Crippen LogP contribution < -0.4 is 0 Å². The highest BCUT2D eigenvalue weighted by molar-refractivity contribution is 5.79. The molecule has 0 radical (unpaired) electrons. The first kappa shape index (κ1) is 30.4. The van der Waals surface area contributed by atoms with Crippen molar-refractivity contribution in [2.45, 2.75) is 134 Å². The molecule has 2 heterocycles. The molecule has 4 atom stereocenters. The van der Waals surface area contributed by atoms with E-state index < -0.39 is 5.92 Å². The summed E-state index contributed by atoms with van der Waals surface area (Å²) in [5.41, 5.74) is 0.840. The zero-order valence-electron chi connectivity index (χ0n) is 24.0. The normalized spacial score (nSPS) is 22.0. The molecule has 2 unspecified atom stereocenters. The van der Waals surface area contributed by atoms with Crippen LogP contribution in [-0.2, 0) is 19.1 Å². The van der Waals surface area contributed by atoms with E-state index in [1.54, 1.807) is 0 Å². The van der Waals surface area contributed by atoms with Crippen LogP contribution in [0.25, 0.3) is 0 Å². The second kappa shape index (κ2) is 17.4. The number of piperidine rings is 1. The summed E-state index contributed by atoms with van der Waals surface area (Å²) in [5.74, 6) is -1.08. The summed E-state index contributed by atoms with van der Waals surface area (Å²) in [6.45, 7) is 2.30. The molecule has 2 aliphatic rings. The van der Waals surface area contributed by atoms with Gasteiger partial charge < -0.3 is 14.4 Å². The lowest BCUT2D eigenvalue weighted by molar-refractivity contribution is -0.158. The number of fused-ring (bicyclic) bond motifs is 2. The van der Waals surface area contributed by atoms with E-state index in [0.717, 1.165) is 44.1 Å². The van der Waals surface area contributed by atoms with Crippen LogP contribution >= 0.6 is 0 Å². The molecular weight excluding hydrogens is 474 g/mol. The van der Waals surface area contributed by atoms with Crippen LogP contribution in [0.5, 0.6) is 0 Å². The van der Waals surface area contributed by atoms with Gasteiger partial charge in [0.25, 0.3) is 0 Å². The molecule has 0 spiro atoms. The average molecular weight is 526 g/mol. The van der Waals surface area contributed by atoms with Gasteiger partial charge in [-0.15, -0.1) is 0 Å². The summed E-state index contributed by atoms with van der Waals surface area (Å²) < 4.78 is 11.6. The summed E-state index contributed by atoms with van der Waals surface area (Å²) >= 11 is 0. The minimum absolute atomic E-state index is 0.0412. The maximum absolute atomic E-state index is 13.2. The van der Waals surface area contributed by atoms with Gasteiger partial charge in [-0.25, -0.2) is 0 Å². The minimum Gasteiger partial charge on any atom is -0.464 e. The van der Waals surface area contributed by atoms with Crippen molar-refractivity contribution >= 4 is 11.9 Å². The molecule has 5 nitrogen and oxygen atoms in total. The minimum atomic E-state index is -0.577. The van der Waals surface area contributed by atoms with Gasteiger partial charge in [0, 0.05) is 18.5 Å². The largest absolute Gasteiger partial charge is 0.464 e. The maximum atomic E-state index is 13.2. The molecule has 2 fully saturated rings. The van der Waals surface area contributed by atoms with Crippen molar-refractivity contribution in [3.63, 3.8) is 0 Å². The predicted molar refractivity (Wildman–Crippen MR) is 154 cm³/mol. The fraction of sp³-hybridized carbons (Fsp3) is 0.697. The number of unbranched alkanes of at least 4 members (excludes halogenated alkanes) is 9. The Morgan fingerprint density at radius 3 is 2.16 bits per heavy atom. The fourth-order valence-corrected chi connectivity index (χ4v) is 5.92. The second-order valence-electron chi connectivity index (χ2n) is 11.4. The summed E-state index contributed by atoms with van der Waals surface area (Å²) in [6.07, 6.45) is 22.4. The Labute approximate surface area is 231 Å². The van der Waals surface area contributed by atoms with Gasteiger partial charge in [0.05, 0.1) is 0 Å². The van der Waals surface area contributed by atoms with Gasteiger partial charge in [0.1, 0.15) is 18.6 Å². The number of nitrogens with zero attached hydrogens (tertiary/aromatic N) is 1. The van der Waals surface area contributed by atoms with Crippen LogP contribution in [-0.4, -0.2) is 48.7 Å². The molecule has 2 bridgehead atoms. The third-order valence-electron chi connectivity index (χ3n) is 8.38. The molecule has 1 aromatic rings. The van der Waals surface area contributed by atoms with Crippen molar-refractivity contribution in [2.75, 3.05) is 13.7 Å². The number of rotatable bonds is 18. The standard InChI is InChI=1S/C33H51NO4/c1-3-4-5-6-7-8-9-10-11-12-13-14-18-21-32(35)37-26-31(27-19-16-15-17-20-27)33(36)38-30-24-28-22-23-29(25-30)34(28)2/h11-12,15-17,19-20,28-31H,3-10,13-14,18,21-26H2,1-2H3/t28-,29+,30?,31?. The van der Waals surface area contributed by atoms with Crippen molar-refractivity contribution < 1.29 is 19.1 Å². The summed E-state index contributed by atoms with van der Waals surface area (Å²) in [5, 5.41) is 0. The van der Waals surface area contributed by atoms with E-state index in [9.17, 15) is 9.59 Å². The molecule has 0 N–H and O–H groups in total. The first-order valence-corrected chi connectivity index (χ1v) is 15.4. The van der Waals surface area contributed by atoms with Gasteiger partial charge in [-0.2, -0.15) is 0 Å². The quantitative estimate of drug-likeness (QED) is 0.111. The lowest BCUT2D eigenvalue weighted by Gasteiger charge is -2.36. The van der Waals surface area contributed by atoms with E-state index in [1.165, 1.54) is 57.8 Å². The number of carbonyl (C=O) groups is 2. The van der Waals surface area contributed by atoms with Crippen LogP contribution in [0.4, 0.5) is 0 Å². The molecule has 3 rings (SSSR count). The Morgan fingerprint density at radius 2 is 1.50 bits per heavy atom. The molecule has 1 aromatic carbocycles. The second-order valence-corrected chi connectivity index (χ2v) is 11.4. The van der Waals surface area contributed by atoms with E-state index in [-0.39, 0.29) is 24.6 Å². The first-order valence-electron chi connectivity index (χ1n) is 15.4. The first-order chi connectivity index (χ1) is 18.6. The zero-order chi connectivity index (χ0) is 27.0. The van der Waals surface area contributed by atoms with Gasteiger partial charge >= 0.3 is 11.9 Å². The molecule has 0 saturated carbocycles. The van der Waals surface area contributed by atoms with E-state index >= 15 is 0 Å². The van der Waals surface area contributed by atoms with Crippen molar-refractivity contribution in [3.05, 3.63) is 48.0 Å². The zero-order valence-corrected chi connectivity index (χ0v) is 24.0. The molecule has 5 heteroatoms. The van der Waals surface area contributed by atoms with Crippen molar-refractivity contribution in [3.8, 4) is 0 Å². The molecule has 0 aromatic heterocycles. The predicted octanol–water partition coefficient (Wildman–Crippen LogP) is 7.74. The SMILES string of the molecule is CCCCCCCCCC=CCCCCC(=O)OCC(C(=O)OC1C[C@H]2CC[C@@H](C1)N2C)c1ccccc1. The van der Waals surface area contributed by atoms with Gasteiger partial charge in [-0.1, -0.05) is 87.9 Å². The number of carbonyl (C=O) groups excluding carboxylic acids is 2. The number of hydrogen-bond acceptors (Lipinski definition) is 5. The van der Waals surface area contributed by atoms with Crippen molar-refractivity contribution in [2.24, 2.45) is 0 Å². The Morgan fingerprint density at radius 1 is 0.895 bits per heavy atom. The monoisotopic (exact) mass is 525 g/mol. The topological polar surface area (TPSA) is 55.8 Å². The van der Waals surface area contributed by atoms with E-state index in [2.05, 4.69) is 31.0 Å². The number of ether oxygens (including phenoxy) is 2. The Hall–Kier alpha value is -2.14. The lowest BCUT2D eigenvalue weighted by Crippen LogP contribution is -2.44. The van der Waals surface area contributed by atoms with E-state index in [4.69, 9.17) is 9.47 Å². The summed E-state index contributed by atoms with van der Waals surface area (Å²) in [7, 11) is 2.18. The molecule has 2 aliphatic heterocycles. The number of esters is 2. The van der Waals surface area contributed by atoms with Crippen LogP contribution in [0.2, 0.25) is 0 Å². The molecule has 0 aliphatic carbocycles. The lowest BCUT2D eigenvalue weighted by atomic mass is 9.98. The van der Waals surface area contributed by atoms with E-state index in [1.807, 2.05) is 30.3 Å². The number of allylic oxidation sites excluding steroid dienone is 2. The average Bonchev–Trinajstić information content (AvgIpc) is 3.11. The molecule has 38 heavy (non-hydrogen) atoms. The van der Waals surface area contributed by atoms with E-state index in [0.29, 0.717) is 18.5 Å². The Bertz CT molecular complexity index is 825. The fourth-order valence-electron chi connectivity index (χ4n) is 5.92. The van der Waals surface area contributed by atoms with Gasteiger partial charge in [-0.3, -0.25) is 9.59 Å². The van der Waals surface area contributed by atoms with Crippen LogP contribution in [0.3, 0.4) is 0 Å². The highest BCUT2D eigenvalue weighted by Crippen LogP contribution is 2.36. The molecule has 2 saturated heterocycles. The van der Waals surface area contributed by atoms with Crippen LogP contribution in [0.15, 0.2) is 42.5 Å². The molecular formula is C33H51NO4. The molecule has 212 valence electrons. The number of hydrogen-bond donors (Lipinski definition) is 0. The van der Waals surface area contributed by atoms with Crippen LogP contribution in [0.1, 0.15) is 121 Å². The van der Waals surface area contributed by atoms with Gasteiger partial charge in [0.2, 0.25) is 0 Å². The summed E-state index contributed by atoms with van der Waals surface area (Å²) in [6, 6.07) is 10.6. The van der Waals surface area contributed by atoms with Crippen molar-refractivity contribution in [1.29, 1.82) is 0 Å². The van der Waals surface area contributed by atoms with Crippen LogP contribution in [0, 0.1) is 0 Å². The smallest absolute Gasteiger partial charge is 0.317 e. The van der Waals surface area contributed by atoms with Gasteiger partial charge in [0.15, 0.2) is 0 Å². The third-order valence-corrected chi connectivity index (χ3v) is 8.38. The van der Waals surface area contributed by atoms with Gasteiger partial charge in [-0.05, 0) is 70.4 Å². The highest BCUT2D eigenvalue weighted by atomic mass is 16.6. The van der Waals surface area contributed by atoms with Crippen molar-refractivity contribution in [1.82, 2.24) is 4.90 Å². The molecule has 0 amide bonds. The third kappa shape index (κ3) is 10.6. The Kier molecular flexibility index (Phi) is 14.0.